The summed E-state index contributed by atoms with van der Waals surface area (Å²) in [6, 6.07) is 11.0. The molecule has 0 radical (unpaired) electrons. The SMILES string of the molecule is Cc1ccc(NC(=O)c2ccnc(CC#N)c2)c(Br)c1. The Labute approximate surface area is 125 Å². The fraction of sp³-hybridized carbons (Fsp3) is 0.133. The number of nitrogens with one attached hydrogen (secondary N) is 1. The van der Waals surface area contributed by atoms with Gasteiger partial charge in [-0.3, -0.25) is 9.78 Å². The molecule has 2 rings (SSSR count). The smallest absolute Gasteiger partial charge is 0.255 e. The lowest BCUT2D eigenvalue weighted by Gasteiger charge is -2.08. The first-order valence-electron chi connectivity index (χ1n) is 5.99. The normalized spacial score (nSPS) is 9.85. The monoisotopic (exact) mass is 329 g/mol. The number of anilines is 1. The molecule has 0 aliphatic rings. The third-order valence-electron chi connectivity index (χ3n) is 2.71. The van der Waals surface area contributed by atoms with E-state index in [4.69, 9.17) is 5.26 Å². The molecule has 0 saturated carbocycles. The number of hydrogen-bond donors (Lipinski definition) is 1. The van der Waals surface area contributed by atoms with Crippen molar-refractivity contribution >= 4 is 27.5 Å². The molecule has 0 atom stereocenters. The summed E-state index contributed by atoms with van der Waals surface area (Å²) in [5, 5.41) is 11.5. The Kier molecular flexibility index (Phi) is 4.49. The van der Waals surface area contributed by atoms with Crippen LogP contribution in [0.1, 0.15) is 21.6 Å². The van der Waals surface area contributed by atoms with Crippen LogP contribution in [0.25, 0.3) is 0 Å². The van der Waals surface area contributed by atoms with Crippen LogP contribution >= 0.6 is 15.9 Å². The van der Waals surface area contributed by atoms with E-state index in [0.717, 1.165) is 10.0 Å². The lowest BCUT2D eigenvalue weighted by Crippen LogP contribution is -2.13. The Hall–Kier alpha value is -2.19. The maximum Gasteiger partial charge on any atom is 0.255 e. The van der Waals surface area contributed by atoms with E-state index in [-0.39, 0.29) is 12.3 Å². The van der Waals surface area contributed by atoms with Crippen molar-refractivity contribution < 1.29 is 4.79 Å². The average molecular weight is 330 g/mol. The number of benzene rings is 1. The molecule has 1 N–H and O–H groups in total. The maximum absolute atomic E-state index is 12.2. The van der Waals surface area contributed by atoms with Gasteiger partial charge < -0.3 is 5.32 Å². The van der Waals surface area contributed by atoms with Crippen LogP contribution in [-0.2, 0) is 6.42 Å². The van der Waals surface area contributed by atoms with E-state index in [1.807, 2.05) is 31.2 Å². The van der Waals surface area contributed by atoms with Gasteiger partial charge in [0.15, 0.2) is 0 Å². The minimum absolute atomic E-state index is 0.190. The van der Waals surface area contributed by atoms with Gasteiger partial charge in [-0.1, -0.05) is 6.07 Å². The van der Waals surface area contributed by atoms with Crippen molar-refractivity contribution in [3.63, 3.8) is 0 Å². The minimum atomic E-state index is -0.226. The molecule has 1 amide bonds. The van der Waals surface area contributed by atoms with Gasteiger partial charge in [-0.05, 0) is 52.7 Å². The highest BCUT2D eigenvalue weighted by Gasteiger charge is 2.09. The van der Waals surface area contributed by atoms with Crippen molar-refractivity contribution in [1.82, 2.24) is 4.98 Å². The second-order valence-electron chi connectivity index (χ2n) is 4.31. The van der Waals surface area contributed by atoms with Gasteiger partial charge in [-0.25, -0.2) is 0 Å². The summed E-state index contributed by atoms with van der Waals surface area (Å²) in [7, 11) is 0. The molecule has 2 aromatic rings. The van der Waals surface area contributed by atoms with Gasteiger partial charge in [-0.2, -0.15) is 5.26 Å². The van der Waals surface area contributed by atoms with Crippen LogP contribution in [0.2, 0.25) is 0 Å². The molecule has 0 unspecified atom stereocenters. The summed E-state index contributed by atoms with van der Waals surface area (Å²) in [6.07, 6.45) is 1.72. The molecular formula is C15H12BrN3O. The molecule has 5 heteroatoms. The zero-order valence-electron chi connectivity index (χ0n) is 10.9. The number of carbonyl (C=O) groups excluding carboxylic acids is 1. The highest BCUT2D eigenvalue weighted by molar-refractivity contribution is 9.10. The Morgan fingerprint density at radius 2 is 2.20 bits per heavy atom. The highest BCUT2D eigenvalue weighted by atomic mass is 79.9. The molecular weight excluding hydrogens is 318 g/mol. The topological polar surface area (TPSA) is 65.8 Å². The van der Waals surface area contributed by atoms with Crippen molar-refractivity contribution in [3.05, 3.63) is 57.8 Å². The zero-order valence-corrected chi connectivity index (χ0v) is 12.4. The number of hydrogen-bond acceptors (Lipinski definition) is 3. The maximum atomic E-state index is 12.2. The molecule has 0 aliphatic carbocycles. The van der Waals surface area contributed by atoms with Crippen LogP contribution in [0, 0.1) is 18.3 Å². The fourth-order valence-electron chi connectivity index (χ4n) is 1.71. The van der Waals surface area contributed by atoms with Gasteiger partial charge >= 0.3 is 0 Å². The summed E-state index contributed by atoms with van der Waals surface area (Å²) in [4.78, 5) is 16.2. The standard InChI is InChI=1S/C15H12BrN3O/c1-10-2-3-14(13(16)8-10)19-15(20)11-5-7-18-12(9-11)4-6-17/h2-3,5,7-9H,4H2,1H3,(H,19,20). The second kappa shape index (κ2) is 6.31. The van der Waals surface area contributed by atoms with Crippen molar-refractivity contribution in [2.75, 3.05) is 5.32 Å². The molecule has 20 heavy (non-hydrogen) atoms. The molecule has 0 aliphatic heterocycles. The van der Waals surface area contributed by atoms with Crippen LogP contribution in [0.3, 0.4) is 0 Å². The molecule has 0 saturated heterocycles. The van der Waals surface area contributed by atoms with Crippen molar-refractivity contribution in [3.8, 4) is 6.07 Å². The van der Waals surface area contributed by atoms with Gasteiger partial charge in [0.2, 0.25) is 0 Å². The van der Waals surface area contributed by atoms with Gasteiger partial charge in [-0.15, -0.1) is 0 Å². The minimum Gasteiger partial charge on any atom is -0.321 e. The third kappa shape index (κ3) is 3.43. The van der Waals surface area contributed by atoms with Gasteiger partial charge in [0.05, 0.1) is 23.9 Å². The van der Waals surface area contributed by atoms with E-state index in [2.05, 4.69) is 26.2 Å². The molecule has 100 valence electrons. The van der Waals surface area contributed by atoms with Crippen molar-refractivity contribution in [2.45, 2.75) is 13.3 Å². The first-order chi connectivity index (χ1) is 9.60. The van der Waals surface area contributed by atoms with Crippen LogP contribution in [0.5, 0.6) is 0 Å². The van der Waals surface area contributed by atoms with E-state index in [0.29, 0.717) is 16.9 Å². The predicted molar refractivity (Wildman–Crippen MR) is 80.4 cm³/mol. The van der Waals surface area contributed by atoms with Crippen LogP contribution in [-0.4, -0.2) is 10.9 Å². The van der Waals surface area contributed by atoms with Gasteiger partial charge in [0, 0.05) is 16.2 Å². The van der Waals surface area contributed by atoms with Crippen LogP contribution < -0.4 is 5.32 Å². The van der Waals surface area contributed by atoms with E-state index >= 15 is 0 Å². The second-order valence-corrected chi connectivity index (χ2v) is 5.16. The molecule has 0 bridgehead atoms. The number of rotatable bonds is 3. The zero-order chi connectivity index (χ0) is 14.5. The molecule has 0 fully saturated rings. The lowest BCUT2D eigenvalue weighted by molar-refractivity contribution is 0.102. The largest absolute Gasteiger partial charge is 0.321 e. The molecule has 0 spiro atoms. The summed E-state index contributed by atoms with van der Waals surface area (Å²) in [5.74, 6) is -0.226. The van der Waals surface area contributed by atoms with E-state index in [9.17, 15) is 4.79 Å². The van der Waals surface area contributed by atoms with Crippen LogP contribution in [0.15, 0.2) is 41.0 Å². The van der Waals surface area contributed by atoms with E-state index in [1.165, 1.54) is 6.20 Å². The first-order valence-corrected chi connectivity index (χ1v) is 6.79. The first kappa shape index (κ1) is 14.2. The summed E-state index contributed by atoms with van der Waals surface area (Å²) in [6.45, 7) is 1.98. The Morgan fingerprint density at radius 1 is 1.40 bits per heavy atom. The molecule has 4 nitrogen and oxygen atoms in total. The van der Waals surface area contributed by atoms with Gasteiger partial charge in [0.25, 0.3) is 5.91 Å². The summed E-state index contributed by atoms with van der Waals surface area (Å²) in [5.41, 5.74) is 2.88. The Morgan fingerprint density at radius 3 is 2.90 bits per heavy atom. The molecule has 1 aromatic heterocycles. The predicted octanol–water partition coefficient (Wildman–Crippen LogP) is 3.47. The number of aromatic nitrogens is 1. The number of nitriles is 1. The lowest BCUT2D eigenvalue weighted by atomic mass is 10.1. The number of aryl methyl sites for hydroxylation is 1. The van der Waals surface area contributed by atoms with Gasteiger partial charge in [0.1, 0.15) is 0 Å². The van der Waals surface area contributed by atoms with Crippen molar-refractivity contribution in [1.29, 1.82) is 5.26 Å². The number of amides is 1. The fourth-order valence-corrected chi connectivity index (χ4v) is 2.31. The Bertz CT molecular complexity index is 692. The molecule has 1 aromatic carbocycles. The van der Waals surface area contributed by atoms with Crippen LogP contribution in [0.4, 0.5) is 5.69 Å². The van der Waals surface area contributed by atoms with Crippen molar-refractivity contribution in [2.24, 2.45) is 0 Å². The quantitative estimate of drug-likeness (QED) is 0.937. The third-order valence-corrected chi connectivity index (χ3v) is 3.37. The van der Waals surface area contributed by atoms with E-state index in [1.54, 1.807) is 12.1 Å². The van der Waals surface area contributed by atoms with E-state index < -0.39 is 0 Å². The highest BCUT2D eigenvalue weighted by Crippen LogP contribution is 2.23. The number of pyridine rings is 1. The summed E-state index contributed by atoms with van der Waals surface area (Å²) >= 11 is 3.42. The summed E-state index contributed by atoms with van der Waals surface area (Å²) < 4.78 is 0.831. The average Bonchev–Trinajstić information content (AvgIpc) is 2.42. The molecule has 1 heterocycles. The number of halogens is 1. The number of carbonyl (C=O) groups is 1. The Balaban J connectivity index is 2.20. The number of nitrogens with zero attached hydrogens (tertiary/aromatic N) is 2.